The molecule has 1 heterocycles. The van der Waals surface area contributed by atoms with Gasteiger partial charge in [-0.1, -0.05) is 0 Å². The number of benzene rings is 1. The van der Waals surface area contributed by atoms with E-state index in [-0.39, 0.29) is 18.4 Å². The van der Waals surface area contributed by atoms with E-state index in [9.17, 15) is 9.59 Å². The van der Waals surface area contributed by atoms with E-state index in [0.29, 0.717) is 5.56 Å². The van der Waals surface area contributed by atoms with Crippen molar-refractivity contribution in [1.29, 1.82) is 0 Å². The Morgan fingerprint density at radius 3 is 2.50 bits per heavy atom. The normalized spacial score (nSPS) is 10.1. The van der Waals surface area contributed by atoms with Gasteiger partial charge in [-0.2, -0.15) is 5.10 Å². The van der Waals surface area contributed by atoms with Crippen LogP contribution in [0, 0.1) is 0 Å². The summed E-state index contributed by atoms with van der Waals surface area (Å²) in [6.07, 6.45) is 3.51. The number of nitrogens with one attached hydrogen (secondary N) is 1. The van der Waals surface area contributed by atoms with E-state index in [1.165, 1.54) is 4.90 Å². The summed E-state index contributed by atoms with van der Waals surface area (Å²) < 4.78 is 1.71. The van der Waals surface area contributed by atoms with Crippen LogP contribution in [0.2, 0.25) is 0 Å². The Morgan fingerprint density at radius 2 is 1.95 bits per heavy atom. The maximum Gasteiger partial charge on any atom is 0.251 e. The summed E-state index contributed by atoms with van der Waals surface area (Å²) in [5.74, 6) is -0.418. The predicted octanol–water partition coefficient (Wildman–Crippen LogP) is 0.690. The average Bonchev–Trinajstić information content (AvgIpc) is 2.98. The van der Waals surface area contributed by atoms with Crippen LogP contribution in [-0.2, 0) is 4.79 Å². The van der Waals surface area contributed by atoms with Gasteiger partial charge in [-0.25, -0.2) is 4.68 Å². The van der Waals surface area contributed by atoms with E-state index >= 15 is 0 Å². The Labute approximate surface area is 117 Å². The summed E-state index contributed by atoms with van der Waals surface area (Å²) in [5, 5.41) is 6.69. The van der Waals surface area contributed by atoms with Gasteiger partial charge >= 0.3 is 0 Å². The molecule has 0 unspecified atom stereocenters. The monoisotopic (exact) mass is 272 g/mol. The van der Waals surface area contributed by atoms with Gasteiger partial charge in [0, 0.05) is 32.1 Å². The van der Waals surface area contributed by atoms with E-state index in [0.717, 1.165) is 5.69 Å². The molecule has 2 rings (SSSR count). The van der Waals surface area contributed by atoms with Crippen LogP contribution in [0.4, 0.5) is 0 Å². The average molecular weight is 272 g/mol. The summed E-state index contributed by atoms with van der Waals surface area (Å²) >= 11 is 0. The van der Waals surface area contributed by atoms with E-state index in [1.807, 2.05) is 12.3 Å². The Morgan fingerprint density at radius 1 is 1.25 bits per heavy atom. The minimum absolute atomic E-state index is 0.00720. The second-order valence-electron chi connectivity index (χ2n) is 4.47. The summed E-state index contributed by atoms with van der Waals surface area (Å²) in [4.78, 5) is 24.7. The van der Waals surface area contributed by atoms with Gasteiger partial charge in [0.1, 0.15) is 0 Å². The molecule has 0 aliphatic carbocycles. The Hall–Kier alpha value is -2.63. The molecule has 6 heteroatoms. The van der Waals surface area contributed by atoms with Crippen molar-refractivity contribution in [2.24, 2.45) is 0 Å². The maximum atomic E-state index is 11.9. The molecule has 1 aromatic carbocycles. The molecule has 0 radical (unpaired) electrons. The van der Waals surface area contributed by atoms with Gasteiger partial charge in [0.15, 0.2) is 0 Å². The fourth-order valence-electron chi connectivity index (χ4n) is 1.60. The van der Waals surface area contributed by atoms with Gasteiger partial charge < -0.3 is 10.2 Å². The number of amides is 2. The predicted molar refractivity (Wildman–Crippen MR) is 74.6 cm³/mol. The molecule has 0 fully saturated rings. The van der Waals surface area contributed by atoms with E-state index in [1.54, 1.807) is 49.2 Å². The number of hydrogen-bond acceptors (Lipinski definition) is 3. The highest BCUT2D eigenvalue weighted by molar-refractivity contribution is 5.96. The van der Waals surface area contributed by atoms with Crippen LogP contribution in [-0.4, -0.2) is 47.1 Å². The van der Waals surface area contributed by atoms with Crippen LogP contribution < -0.4 is 5.32 Å². The third-order valence-corrected chi connectivity index (χ3v) is 2.80. The molecule has 1 aromatic heterocycles. The maximum absolute atomic E-state index is 11.9. The zero-order chi connectivity index (χ0) is 14.5. The lowest BCUT2D eigenvalue weighted by Gasteiger charge is -2.11. The third kappa shape index (κ3) is 3.23. The molecule has 104 valence electrons. The van der Waals surface area contributed by atoms with Crippen molar-refractivity contribution < 1.29 is 9.59 Å². The number of likely N-dealkylation sites (N-methyl/N-ethyl adjacent to an activating group) is 1. The molecule has 6 nitrogen and oxygen atoms in total. The fourth-order valence-corrected chi connectivity index (χ4v) is 1.60. The van der Waals surface area contributed by atoms with Crippen molar-refractivity contribution in [3.8, 4) is 5.69 Å². The molecule has 20 heavy (non-hydrogen) atoms. The van der Waals surface area contributed by atoms with Crippen LogP contribution in [0.1, 0.15) is 10.4 Å². The van der Waals surface area contributed by atoms with Gasteiger partial charge in [0.2, 0.25) is 5.91 Å². The summed E-state index contributed by atoms with van der Waals surface area (Å²) in [5.41, 5.74) is 1.38. The zero-order valence-electron chi connectivity index (χ0n) is 11.4. The van der Waals surface area contributed by atoms with Crippen molar-refractivity contribution in [3.05, 3.63) is 48.3 Å². The summed E-state index contributed by atoms with van der Waals surface area (Å²) in [6, 6.07) is 8.83. The Bertz CT molecular complexity index is 588. The first-order valence-corrected chi connectivity index (χ1v) is 6.16. The number of nitrogens with zero attached hydrogens (tertiary/aromatic N) is 3. The molecule has 0 aliphatic heterocycles. The van der Waals surface area contributed by atoms with Gasteiger partial charge in [-0.3, -0.25) is 9.59 Å². The number of hydrogen-bond donors (Lipinski definition) is 1. The molecule has 2 aromatic rings. The van der Waals surface area contributed by atoms with Crippen LogP contribution >= 0.6 is 0 Å². The molecule has 0 bridgehead atoms. The molecule has 0 spiro atoms. The van der Waals surface area contributed by atoms with Crippen molar-refractivity contribution >= 4 is 11.8 Å². The molecule has 0 aliphatic rings. The van der Waals surface area contributed by atoms with Crippen molar-refractivity contribution in [2.45, 2.75) is 0 Å². The number of rotatable bonds is 4. The molecular weight excluding hydrogens is 256 g/mol. The molecule has 1 N–H and O–H groups in total. The number of carbonyl (C=O) groups excluding carboxylic acids is 2. The largest absolute Gasteiger partial charge is 0.347 e. The van der Waals surface area contributed by atoms with Crippen molar-refractivity contribution in [2.75, 3.05) is 20.6 Å². The van der Waals surface area contributed by atoms with Gasteiger partial charge in [-0.15, -0.1) is 0 Å². The minimum atomic E-state index is -0.271. The SMILES string of the molecule is CN(C)C(=O)CNC(=O)c1ccc(-n2cccn2)cc1. The van der Waals surface area contributed by atoms with Crippen LogP contribution in [0.3, 0.4) is 0 Å². The summed E-state index contributed by atoms with van der Waals surface area (Å²) in [6.45, 7) is -0.00720. The lowest BCUT2D eigenvalue weighted by atomic mass is 10.2. The second-order valence-corrected chi connectivity index (χ2v) is 4.47. The van der Waals surface area contributed by atoms with Gasteiger partial charge in [0.05, 0.1) is 12.2 Å². The topological polar surface area (TPSA) is 67.2 Å². The Balaban J connectivity index is 1.99. The number of carbonyl (C=O) groups is 2. The summed E-state index contributed by atoms with van der Waals surface area (Å²) in [7, 11) is 3.29. The lowest BCUT2D eigenvalue weighted by molar-refractivity contribution is -0.127. The standard InChI is InChI=1S/C14H16N4O2/c1-17(2)13(19)10-15-14(20)11-4-6-12(7-5-11)18-9-3-8-16-18/h3-9H,10H2,1-2H3,(H,15,20). The number of aromatic nitrogens is 2. The van der Waals surface area contributed by atoms with E-state index in [4.69, 9.17) is 0 Å². The lowest BCUT2D eigenvalue weighted by Crippen LogP contribution is -2.36. The molecule has 0 saturated carbocycles. The molecule has 2 amide bonds. The Kier molecular flexibility index (Phi) is 4.14. The van der Waals surface area contributed by atoms with Crippen molar-refractivity contribution in [1.82, 2.24) is 20.0 Å². The van der Waals surface area contributed by atoms with Gasteiger partial charge in [0.25, 0.3) is 5.91 Å². The van der Waals surface area contributed by atoms with E-state index in [2.05, 4.69) is 10.4 Å². The van der Waals surface area contributed by atoms with Crippen LogP contribution in [0.25, 0.3) is 5.69 Å². The third-order valence-electron chi connectivity index (χ3n) is 2.80. The first-order valence-electron chi connectivity index (χ1n) is 6.16. The quantitative estimate of drug-likeness (QED) is 0.890. The highest BCUT2D eigenvalue weighted by Gasteiger charge is 2.09. The van der Waals surface area contributed by atoms with Crippen molar-refractivity contribution in [3.63, 3.8) is 0 Å². The van der Waals surface area contributed by atoms with Crippen LogP contribution in [0.15, 0.2) is 42.7 Å². The molecule has 0 saturated heterocycles. The highest BCUT2D eigenvalue weighted by Crippen LogP contribution is 2.08. The fraction of sp³-hybridized carbons (Fsp3) is 0.214. The first-order chi connectivity index (χ1) is 9.58. The van der Waals surface area contributed by atoms with Crippen LogP contribution in [0.5, 0.6) is 0 Å². The second kappa shape index (κ2) is 6.01. The molecular formula is C14H16N4O2. The first kappa shape index (κ1) is 13.8. The minimum Gasteiger partial charge on any atom is -0.347 e. The van der Waals surface area contributed by atoms with E-state index < -0.39 is 0 Å². The zero-order valence-corrected chi connectivity index (χ0v) is 11.4. The smallest absolute Gasteiger partial charge is 0.251 e. The molecule has 0 atom stereocenters. The highest BCUT2D eigenvalue weighted by atomic mass is 16.2. The van der Waals surface area contributed by atoms with Gasteiger partial charge in [-0.05, 0) is 30.3 Å².